The SMILES string of the molecule is Cc1ccc(C(=O)c2ccccc2[P+](=O)OC(C)C)c(C)c1. The molecule has 0 saturated heterocycles. The average Bonchev–Trinajstić information content (AvgIpc) is 2.46. The zero-order valence-electron chi connectivity index (χ0n) is 13.3. The zero-order chi connectivity index (χ0) is 16.3. The van der Waals surface area contributed by atoms with Crippen LogP contribution in [0, 0.1) is 13.8 Å². The molecule has 0 spiro atoms. The maximum absolute atomic E-state index is 12.8. The highest BCUT2D eigenvalue weighted by molar-refractivity contribution is 7.48. The van der Waals surface area contributed by atoms with E-state index in [1.165, 1.54) is 0 Å². The van der Waals surface area contributed by atoms with Crippen LogP contribution in [0.3, 0.4) is 0 Å². The van der Waals surface area contributed by atoms with Gasteiger partial charge < -0.3 is 0 Å². The number of hydrogen-bond donors (Lipinski definition) is 0. The first kappa shape index (κ1) is 16.5. The number of benzene rings is 2. The molecule has 22 heavy (non-hydrogen) atoms. The van der Waals surface area contributed by atoms with E-state index in [0.29, 0.717) is 16.4 Å². The Kier molecular flexibility index (Phi) is 5.23. The van der Waals surface area contributed by atoms with Crippen molar-refractivity contribution in [3.8, 4) is 0 Å². The van der Waals surface area contributed by atoms with Gasteiger partial charge in [0, 0.05) is 5.56 Å². The van der Waals surface area contributed by atoms with E-state index in [-0.39, 0.29) is 11.9 Å². The maximum Gasteiger partial charge on any atom is 0.549 e. The first-order valence-corrected chi connectivity index (χ1v) is 8.43. The van der Waals surface area contributed by atoms with E-state index in [1.54, 1.807) is 24.3 Å². The van der Waals surface area contributed by atoms with Crippen LogP contribution in [0.5, 0.6) is 0 Å². The Morgan fingerprint density at radius 2 is 1.73 bits per heavy atom. The van der Waals surface area contributed by atoms with Crippen molar-refractivity contribution in [3.63, 3.8) is 0 Å². The molecule has 2 aromatic carbocycles. The van der Waals surface area contributed by atoms with Gasteiger partial charge >= 0.3 is 8.03 Å². The van der Waals surface area contributed by atoms with Crippen LogP contribution < -0.4 is 5.30 Å². The highest BCUT2D eigenvalue weighted by Gasteiger charge is 2.30. The van der Waals surface area contributed by atoms with E-state index < -0.39 is 8.03 Å². The number of rotatable bonds is 5. The largest absolute Gasteiger partial charge is 0.549 e. The second-order valence-corrected chi connectivity index (χ2v) is 6.78. The Morgan fingerprint density at radius 3 is 2.36 bits per heavy atom. The van der Waals surface area contributed by atoms with E-state index in [2.05, 4.69) is 0 Å². The molecule has 0 aliphatic rings. The lowest BCUT2D eigenvalue weighted by Gasteiger charge is -2.06. The Hall–Kier alpha value is -1.83. The Balaban J connectivity index is 2.44. The third-order valence-electron chi connectivity index (χ3n) is 3.28. The summed E-state index contributed by atoms with van der Waals surface area (Å²) in [5, 5.41) is 0.455. The van der Waals surface area contributed by atoms with Gasteiger partial charge in [0.2, 0.25) is 5.30 Å². The standard InChI is InChI=1S/C18H20O3P/c1-12(2)21-22(20)17-8-6-5-7-16(17)18(19)15-10-9-13(3)11-14(15)4/h5-12H,1-4H3/q+1. The average molecular weight is 315 g/mol. The number of carbonyl (C=O) groups excluding carboxylic acids is 1. The van der Waals surface area contributed by atoms with Crippen molar-refractivity contribution in [2.75, 3.05) is 0 Å². The van der Waals surface area contributed by atoms with Crippen molar-refractivity contribution in [1.29, 1.82) is 0 Å². The first-order chi connectivity index (χ1) is 10.4. The van der Waals surface area contributed by atoms with Crippen LogP contribution in [-0.2, 0) is 9.09 Å². The Morgan fingerprint density at radius 1 is 1.05 bits per heavy atom. The summed E-state index contributed by atoms with van der Waals surface area (Å²) < 4.78 is 17.7. The van der Waals surface area contributed by atoms with Crippen molar-refractivity contribution < 1.29 is 13.9 Å². The van der Waals surface area contributed by atoms with E-state index in [9.17, 15) is 9.36 Å². The van der Waals surface area contributed by atoms with E-state index >= 15 is 0 Å². The summed E-state index contributed by atoms with van der Waals surface area (Å²) in [6.07, 6.45) is -0.159. The maximum atomic E-state index is 12.8. The smallest absolute Gasteiger partial charge is 0.288 e. The molecule has 0 fully saturated rings. The minimum absolute atomic E-state index is 0.121. The summed E-state index contributed by atoms with van der Waals surface area (Å²) >= 11 is 0. The van der Waals surface area contributed by atoms with Gasteiger partial charge in [-0.15, -0.1) is 4.52 Å². The second kappa shape index (κ2) is 6.95. The molecular weight excluding hydrogens is 295 g/mol. The molecule has 0 saturated carbocycles. The van der Waals surface area contributed by atoms with E-state index in [0.717, 1.165) is 11.1 Å². The van der Waals surface area contributed by atoms with Gasteiger partial charge in [-0.05, 0) is 50.0 Å². The first-order valence-electron chi connectivity index (χ1n) is 7.25. The summed E-state index contributed by atoms with van der Waals surface area (Å²) in [6, 6.07) is 12.6. The quantitative estimate of drug-likeness (QED) is 0.609. The van der Waals surface area contributed by atoms with Crippen LogP contribution >= 0.6 is 8.03 Å². The summed E-state index contributed by atoms with van der Waals surface area (Å²) in [5.41, 5.74) is 3.10. The van der Waals surface area contributed by atoms with Crippen LogP contribution in [0.1, 0.15) is 40.9 Å². The molecule has 4 heteroatoms. The molecule has 1 atom stereocenters. The third-order valence-corrected chi connectivity index (χ3v) is 4.67. The summed E-state index contributed by atoms with van der Waals surface area (Å²) in [7, 11) is -2.05. The topological polar surface area (TPSA) is 43.4 Å². The monoisotopic (exact) mass is 315 g/mol. The molecular formula is C18H20O3P+. The molecule has 0 amide bonds. The van der Waals surface area contributed by atoms with Gasteiger partial charge in [0.05, 0.1) is 5.56 Å². The van der Waals surface area contributed by atoms with Crippen LogP contribution in [0.15, 0.2) is 42.5 Å². The molecule has 2 aromatic rings. The van der Waals surface area contributed by atoms with Crippen molar-refractivity contribution in [2.45, 2.75) is 33.8 Å². The highest BCUT2D eigenvalue weighted by atomic mass is 31.1. The van der Waals surface area contributed by atoms with Crippen LogP contribution in [0.4, 0.5) is 0 Å². The van der Waals surface area contributed by atoms with Gasteiger partial charge in [-0.3, -0.25) is 4.79 Å². The highest BCUT2D eigenvalue weighted by Crippen LogP contribution is 2.27. The van der Waals surface area contributed by atoms with Gasteiger partial charge in [0.25, 0.3) is 0 Å². The van der Waals surface area contributed by atoms with Gasteiger partial charge in [0.1, 0.15) is 6.10 Å². The predicted octanol–water partition coefficient (Wildman–Crippen LogP) is 4.33. The fourth-order valence-electron chi connectivity index (χ4n) is 2.29. The van der Waals surface area contributed by atoms with Gasteiger partial charge in [-0.25, -0.2) is 0 Å². The number of carbonyl (C=O) groups is 1. The summed E-state index contributed by atoms with van der Waals surface area (Å²) in [6.45, 7) is 7.54. The second-order valence-electron chi connectivity index (χ2n) is 5.58. The summed E-state index contributed by atoms with van der Waals surface area (Å²) in [4.78, 5) is 12.8. The molecule has 1 unspecified atom stereocenters. The van der Waals surface area contributed by atoms with E-state index in [4.69, 9.17) is 4.52 Å². The lowest BCUT2D eigenvalue weighted by molar-refractivity contribution is 0.103. The molecule has 0 aliphatic heterocycles. The minimum atomic E-state index is -2.05. The Bertz CT molecular complexity index is 720. The fraction of sp³-hybridized carbons (Fsp3) is 0.278. The fourth-order valence-corrected chi connectivity index (χ4v) is 3.36. The third kappa shape index (κ3) is 3.68. The van der Waals surface area contributed by atoms with Crippen molar-refractivity contribution >= 4 is 19.1 Å². The molecule has 0 N–H and O–H groups in total. The molecule has 3 nitrogen and oxygen atoms in total. The van der Waals surface area contributed by atoms with Crippen molar-refractivity contribution in [2.24, 2.45) is 0 Å². The molecule has 0 aliphatic carbocycles. The predicted molar refractivity (Wildman–Crippen MR) is 89.3 cm³/mol. The molecule has 114 valence electrons. The molecule has 0 bridgehead atoms. The lowest BCUT2D eigenvalue weighted by atomic mass is 9.97. The molecule has 2 rings (SSSR count). The van der Waals surface area contributed by atoms with Crippen LogP contribution in [0.25, 0.3) is 0 Å². The molecule has 0 radical (unpaired) electrons. The van der Waals surface area contributed by atoms with Gasteiger partial charge in [-0.1, -0.05) is 35.9 Å². The van der Waals surface area contributed by atoms with Crippen LogP contribution in [0.2, 0.25) is 0 Å². The van der Waals surface area contributed by atoms with Crippen molar-refractivity contribution in [3.05, 3.63) is 64.7 Å². The van der Waals surface area contributed by atoms with Gasteiger partial charge in [-0.2, -0.15) is 0 Å². The zero-order valence-corrected chi connectivity index (χ0v) is 14.2. The van der Waals surface area contributed by atoms with E-state index in [1.807, 2.05) is 45.9 Å². The molecule has 0 heterocycles. The minimum Gasteiger partial charge on any atom is -0.288 e. The van der Waals surface area contributed by atoms with Crippen LogP contribution in [-0.4, -0.2) is 11.9 Å². The summed E-state index contributed by atoms with van der Waals surface area (Å²) in [5.74, 6) is -0.121. The normalized spacial score (nSPS) is 11.6. The number of aryl methyl sites for hydroxylation is 2. The Labute approximate surface area is 132 Å². The molecule has 0 aromatic heterocycles. The van der Waals surface area contributed by atoms with Crippen molar-refractivity contribution in [1.82, 2.24) is 0 Å². The lowest BCUT2D eigenvalue weighted by Crippen LogP contribution is -2.15. The number of hydrogen-bond acceptors (Lipinski definition) is 3. The van der Waals surface area contributed by atoms with Gasteiger partial charge in [0.15, 0.2) is 5.78 Å². The number of ketones is 1.